The van der Waals surface area contributed by atoms with Crippen LogP contribution < -0.4 is 5.32 Å². The second-order valence-electron chi connectivity index (χ2n) is 3.53. The van der Waals surface area contributed by atoms with Crippen LogP contribution >= 0.6 is 11.3 Å². The van der Waals surface area contributed by atoms with Crippen LogP contribution in [0.15, 0.2) is 29.8 Å². The van der Waals surface area contributed by atoms with E-state index in [1.165, 1.54) is 11.3 Å². The van der Waals surface area contributed by atoms with Crippen molar-refractivity contribution < 1.29 is 9.90 Å². The maximum absolute atomic E-state index is 11.3. The van der Waals surface area contributed by atoms with Crippen molar-refractivity contribution in [2.75, 3.05) is 5.32 Å². The molecule has 0 saturated heterocycles. The number of nitrogens with one attached hydrogen (secondary N) is 1. The number of amides is 1. The van der Waals surface area contributed by atoms with E-state index in [-0.39, 0.29) is 5.91 Å². The summed E-state index contributed by atoms with van der Waals surface area (Å²) in [4.78, 5) is 15.4. The number of anilines is 1. The average molecular weight is 232 g/mol. The van der Waals surface area contributed by atoms with Crippen molar-refractivity contribution in [2.24, 2.45) is 0 Å². The first-order valence-electron chi connectivity index (χ1n) is 4.78. The number of aliphatic hydroxyl groups excluding tert-OH is 1. The highest BCUT2D eigenvalue weighted by atomic mass is 32.1. The second-order valence-corrected chi connectivity index (χ2v) is 4.43. The number of carbonyl (C=O) groups excluding carboxylic acids is 1. The first-order valence-corrected chi connectivity index (χ1v) is 5.66. The Morgan fingerprint density at radius 3 is 3.06 bits per heavy atom. The molecule has 1 aliphatic rings. The minimum atomic E-state index is -1.06. The Bertz CT molecular complexity index is 551. The molecule has 1 amide bonds. The van der Waals surface area contributed by atoms with Crippen LogP contribution in [0, 0.1) is 0 Å². The summed E-state index contributed by atoms with van der Waals surface area (Å²) in [7, 11) is 0. The molecule has 2 aromatic rings. The van der Waals surface area contributed by atoms with Crippen molar-refractivity contribution in [2.45, 2.75) is 6.10 Å². The third kappa shape index (κ3) is 1.33. The molecule has 1 aromatic carbocycles. The van der Waals surface area contributed by atoms with E-state index in [4.69, 9.17) is 0 Å². The molecule has 0 radical (unpaired) electrons. The van der Waals surface area contributed by atoms with Gasteiger partial charge in [-0.25, -0.2) is 4.98 Å². The molecule has 0 saturated carbocycles. The van der Waals surface area contributed by atoms with Crippen molar-refractivity contribution in [3.8, 4) is 10.6 Å². The Hall–Kier alpha value is -1.72. The van der Waals surface area contributed by atoms with Crippen LogP contribution in [0.1, 0.15) is 11.7 Å². The van der Waals surface area contributed by atoms with Gasteiger partial charge >= 0.3 is 0 Å². The van der Waals surface area contributed by atoms with E-state index in [1.807, 2.05) is 11.4 Å². The average Bonchev–Trinajstić information content (AvgIpc) is 2.89. The summed E-state index contributed by atoms with van der Waals surface area (Å²) in [6.07, 6.45) is 0.669. The fraction of sp³-hybridized carbons (Fsp3) is 0.0909. The third-order valence-electron chi connectivity index (χ3n) is 2.53. The number of carbonyl (C=O) groups is 1. The van der Waals surface area contributed by atoms with Crippen molar-refractivity contribution in [3.63, 3.8) is 0 Å². The number of hydrogen-bond donors (Lipinski definition) is 2. The predicted molar refractivity (Wildman–Crippen MR) is 61.1 cm³/mol. The summed E-state index contributed by atoms with van der Waals surface area (Å²) in [5.41, 5.74) is 2.22. The van der Waals surface area contributed by atoms with E-state index >= 15 is 0 Å². The van der Waals surface area contributed by atoms with Crippen molar-refractivity contribution >= 4 is 22.9 Å². The maximum Gasteiger partial charge on any atom is 0.257 e. The fourth-order valence-electron chi connectivity index (χ4n) is 1.74. The zero-order valence-electron chi connectivity index (χ0n) is 8.18. The van der Waals surface area contributed by atoms with Gasteiger partial charge in [-0.05, 0) is 18.2 Å². The molecule has 0 fully saturated rings. The van der Waals surface area contributed by atoms with E-state index < -0.39 is 6.10 Å². The van der Waals surface area contributed by atoms with E-state index in [1.54, 1.807) is 18.3 Å². The van der Waals surface area contributed by atoms with Gasteiger partial charge < -0.3 is 10.4 Å². The van der Waals surface area contributed by atoms with Gasteiger partial charge in [-0.1, -0.05) is 0 Å². The van der Waals surface area contributed by atoms with Crippen LogP contribution in [0.4, 0.5) is 5.69 Å². The number of thiazole rings is 1. The van der Waals surface area contributed by atoms with Gasteiger partial charge in [0.1, 0.15) is 5.01 Å². The van der Waals surface area contributed by atoms with E-state index in [0.29, 0.717) is 11.3 Å². The smallest absolute Gasteiger partial charge is 0.257 e. The lowest BCUT2D eigenvalue weighted by atomic mass is 10.1. The van der Waals surface area contributed by atoms with E-state index in [0.717, 1.165) is 10.6 Å². The van der Waals surface area contributed by atoms with Gasteiger partial charge in [-0.2, -0.15) is 0 Å². The Labute approximate surface area is 95.6 Å². The quantitative estimate of drug-likeness (QED) is 0.788. The molecule has 1 unspecified atom stereocenters. The van der Waals surface area contributed by atoms with Crippen LogP contribution in [0.5, 0.6) is 0 Å². The normalized spacial score (nSPS) is 18.3. The van der Waals surface area contributed by atoms with E-state index in [2.05, 4.69) is 10.3 Å². The summed E-state index contributed by atoms with van der Waals surface area (Å²) in [5.74, 6) is -0.369. The number of aliphatic hydroxyl groups is 1. The van der Waals surface area contributed by atoms with Crippen LogP contribution in [-0.2, 0) is 4.79 Å². The van der Waals surface area contributed by atoms with E-state index in [9.17, 15) is 9.90 Å². The number of rotatable bonds is 1. The minimum Gasteiger partial charge on any atom is -0.378 e. The molecule has 2 heterocycles. The first-order chi connectivity index (χ1) is 7.75. The van der Waals surface area contributed by atoms with Gasteiger partial charge in [0.25, 0.3) is 5.91 Å². The monoisotopic (exact) mass is 232 g/mol. The Morgan fingerprint density at radius 1 is 1.44 bits per heavy atom. The SMILES string of the molecule is O=C1Nc2ccc(-c3nccs3)cc2C1O. The molecule has 80 valence electrons. The Kier molecular flexibility index (Phi) is 2.02. The Balaban J connectivity index is 2.10. The van der Waals surface area contributed by atoms with Crippen LogP contribution in [-0.4, -0.2) is 16.0 Å². The Morgan fingerprint density at radius 2 is 2.31 bits per heavy atom. The largest absolute Gasteiger partial charge is 0.378 e. The molecule has 5 heteroatoms. The standard InChI is InChI=1S/C11H8N2O2S/c14-9-7-5-6(11-12-3-4-16-11)1-2-8(7)13-10(9)15/h1-5,9,14H,(H,13,15). The lowest BCUT2D eigenvalue weighted by Gasteiger charge is -2.02. The maximum atomic E-state index is 11.3. The number of benzene rings is 1. The molecule has 1 aromatic heterocycles. The summed E-state index contributed by atoms with van der Waals surface area (Å²) in [6.45, 7) is 0. The number of fused-ring (bicyclic) bond motifs is 1. The topological polar surface area (TPSA) is 62.2 Å². The number of hydrogen-bond acceptors (Lipinski definition) is 4. The van der Waals surface area contributed by atoms with Crippen molar-refractivity contribution in [1.29, 1.82) is 0 Å². The van der Waals surface area contributed by atoms with Gasteiger partial charge in [-0.15, -0.1) is 11.3 Å². The molecule has 0 aliphatic carbocycles. The number of aromatic nitrogens is 1. The molecule has 2 N–H and O–H groups in total. The molecule has 3 rings (SSSR count). The lowest BCUT2D eigenvalue weighted by molar-refractivity contribution is -0.123. The molecule has 1 aliphatic heterocycles. The van der Waals surface area contributed by atoms with Gasteiger partial charge in [0.15, 0.2) is 6.10 Å². The molecular weight excluding hydrogens is 224 g/mol. The molecule has 16 heavy (non-hydrogen) atoms. The van der Waals surface area contributed by atoms with Gasteiger partial charge in [0.05, 0.1) is 0 Å². The first kappa shape index (κ1) is 9.50. The van der Waals surface area contributed by atoms with Gasteiger partial charge in [0.2, 0.25) is 0 Å². The summed E-state index contributed by atoms with van der Waals surface area (Å²) < 4.78 is 0. The highest BCUT2D eigenvalue weighted by Crippen LogP contribution is 2.34. The van der Waals surface area contributed by atoms with Crippen LogP contribution in [0.2, 0.25) is 0 Å². The highest BCUT2D eigenvalue weighted by Gasteiger charge is 2.28. The molecule has 0 spiro atoms. The molecule has 0 bridgehead atoms. The van der Waals surface area contributed by atoms with Gasteiger partial charge in [-0.3, -0.25) is 4.79 Å². The zero-order valence-corrected chi connectivity index (χ0v) is 8.99. The fourth-order valence-corrected chi connectivity index (χ4v) is 2.38. The molecule has 4 nitrogen and oxygen atoms in total. The van der Waals surface area contributed by atoms with Gasteiger partial charge in [0, 0.05) is 28.4 Å². The zero-order chi connectivity index (χ0) is 11.1. The third-order valence-corrected chi connectivity index (χ3v) is 3.35. The van der Waals surface area contributed by atoms with Crippen molar-refractivity contribution in [3.05, 3.63) is 35.3 Å². The molecule has 1 atom stereocenters. The highest BCUT2D eigenvalue weighted by molar-refractivity contribution is 7.13. The second kappa shape index (κ2) is 3.40. The molecular formula is C11H8N2O2S. The summed E-state index contributed by atoms with van der Waals surface area (Å²) in [6, 6.07) is 5.48. The minimum absolute atomic E-state index is 0.369. The van der Waals surface area contributed by atoms with Crippen LogP contribution in [0.3, 0.4) is 0 Å². The summed E-state index contributed by atoms with van der Waals surface area (Å²) >= 11 is 1.53. The summed E-state index contributed by atoms with van der Waals surface area (Å²) in [5, 5.41) is 15.0. The van der Waals surface area contributed by atoms with Crippen molar-refractivity contribution in [1.82, 2.24) is 4.98 Å². The van der Waals surface area contributed by atoms with Crippen LogP contribution in [0.25, 0.3) is 10.6 Å². The number of nitrogens with zero attached hydrogens (tertiary/aromatic N) is 1. The lowest BCUT2D eigenvalue weighted by Crippen LogP contribution is -2.10. The predicted octanol–water partition coefficient (Wildman–Crippen LogP) is 1.80.